The quantitative estimate of drug-likeness (QED) is 0.714. The van der Waals surface area contributed by atoms with Gasteiger partial charge in [0.15, 0.2) is 0 Å². The molecule has 0 atom stereocenters. The maximum absolute atomic E-state index is 14.6. The van der Waals surface area contributed by atoms with E-state index >= 15 is 0 Å². The number of rotatable bonds is 4. The molecule has 1 saturated heterocycles. The van der Waals surface area contributed by atoms with Gasteiger partial charge in [0.2, 0.25) is 5.91 Å². The monoisotopic (exact) mass is 452 g/mol. The van der Waals surface area contributed by atoms with Gasteiger partial charge in [-0.25, -0.2) is 8.78 Å². The maximum atomic E-state index is 14.6. The zero-order chi connectivity index (χ0) is 22.9. The van der Waals surface area contributed by atoms with Crippen LogP contribution < -0.4 is 4.90 Å². The van der Waals surface area contributed by atoms with Gasteiger partial charge in [-0.3, -0.25) is 14.6 Å². The summed E-state index contributed by atoms with van der Waals surface area (Å²) in [6.07, 6.45) is 4.66. The van der Waals surface area contributed by atoms with Crippen molar-refractivity contribution in [3.63, 3.8) is 0 Å². The Labute approximate surface area is 191 Å². The molecule has 1 saturated carbocycles. The number of hydrogen-bond donors (Lipinski definition) is 0. The molecule has 2 aliphatic heterocycles. The molecule has 2 aromatic rings. The first-order valence-corrected chi connectivity index (χ1v) is 11.4. The highest BCUT2D eigenvalue weighted by Crippen LogP contribution is 2.29. The highest BCUT2D eigenvalue weighted by atomic mass is 19.1. The summed E-state index contributed by atoms with van der Waals surface area (Å²) in [5.41, 5.74) is 2.34. The number of fused-ring (bicyclic) bond motifs is 1. The molecule has 0 N–H and O–H groups in total. The van der Waals surface area contributed by atoms with E-state index < -0.39 is 5.82 Å². The average Bonchev–Trinajstić information content (AvgIpc) is 2.79. The largest absolute Gasteiger partial charge is 0.347 e. The van der Waals surface area contributed by atoms with E-state index in [1.54, 1.807) is 29.3 Å². The number of hydrogen-bond acceptors (Lipinski definition) is 4. The minimum absolute atomic E-state index is 0.0334. The highest BCUT2D eigenvalue weighted by Gasteiger charge is 2.32. The molecule has 33 heavy (non-hydrogen) atoms. The number of carbonyl (C=O) groups excluding carboxylic acids is 2. The molecule has 2 fully saturated rings. The number of nitrogens with zero attached hydrogens (tertiary/aromatic N) is 4. The molecule has 0 spiro atoms. The van der Waals surface area contributed by atoms with Gasteiger partial charge >= 0.3 is 0 Å². The number of benzene rings is 2. The Morgan fingerprint density at radius 3 is 2.45 bits per heavy atom. The Kier molecular flexibility index (Phi) is 5.83. The van der Waals surface area contributed by atoms with E-state index in [0.717, 1.165) is 30.5 Å². The van der Waals surface area contributed by atoms with E-state index in [9.17, 15) is 18.4 Å². The maximum Gasteiger partial charge on any atom is 0.256 e. The van der Waals surface area contributed by atoms with E-state index in [2.05, 4.69) is 4.99 Å². The fourth-order valence-corrected chi connectivity index (χ4v) is 4.63. The van der Waals surface area contributed by atoms with Gasteiger partial charge < -0.3 is 14.7 Å². The van der Waals surface area contributed by atoms with Crippen LogP contribution in [0.15, 0.2) is 41.4 Å². The molecule has 8 heteroatoms. The summed E-state index contributed by atoms with van der Waals surface area (Å²) in [7, 11) is 0. The average molecular weight is 453 g/mol. The second-order valence-corrected chi connectivity index (χ2v) is 8.91. The minimum atomic E-state index is -0.559. The van der Waals surface area contributed by atoms with Gasteiger partial charge in [-0.15, -0.1) is 0 Å². The van der Waals surface area contributed by atoms with Gasteiger partial charge in [0.1, 0.15) is 18.3 Å². The summed E-state index contributed by atoms with van der Waals surface area (Å²) >= 11 is 0. The fourth-order valence-electron chi connectivity index (χ4n) is 4.63. The lowest BCUT2D eigenvalue weighted by atomic mass is 9.84. The van der Waals surface area contributed by atoms with Gasteiger partial charge in [0, 0.05) is 56.1 Å². The third-order valence-corrected chi connectivity index (χ3v) is 6.78. The SMILES string of the molecule is O=C(c1cc(CN2CN=Cc3cc(F)ccc32)ccc1F)N1CCN(C(=O)C2CCC2)CC1. The van der Waals surface area contributed by atoms with Crippen molar-refractivity contribution in [3.8, 4) is 0 Å². The van der Waals surface area contributed by atoms with Crippen LogP contribution in [-0.4, -0.2) is 60.7 Å². The van der Waals surface area contributed by atoms with Crippen LogP contribution in [0.2, 0.25) is 0 Å². The van der Waals surface area contributed by atoms with Crippen LogP contribution in [0.1, 0.15) is 40.7 Å². The van der Waals surface area contributed by atoms with Crippen molar-refractivity contribution in [3.05, 3.63) is 64.7 Å². The van der Waals surface area contributed by atoms with Crippen LogP contribution in [0.3, 0.4) is 0 Å². The first-order valence-electron chi connectivity index (χ1n) is 11.4. The molecule has 5 rings (SSSR count). The van der Waals surface area contributed by atoms with Crippen LogP contribution >= 0.6 is 0 Å². The first kappa shape index (κ1) is 21.6. The molecule has 2 aromatic carbocycles. The third-order valence-electron chi connectivity index (χ3n) is 6.78. The van der Waals surface area contributed by atoms with Crippen molar-refractivity contribution in [2.24, 2.45) is 10.9 Å². The normalized spacial score (nSPS) is 18.2. The Morgan fingerprint density at radius 1 is 0.970 bits per heavy atom. The molecule has 2 amide bonds. The van der Waals surface area contributed by atoms with Gasteiger partial charge in [0.25, 0.3) is 5.91 Å². The number of anilines is 1. The lowest BCUT2D eigenvalue weighted by Crippen LogP contribution is -2.52. The molecule has 1 aliphatic carbocycles. The minimum Gasteiger partial charge on any atom is -0.347 e. The summed E-state index contributed by atoms with van der Waals surface area (Å²) in [6.45, 7) is 2.60. The predicted molar refractivity (Wildman–Crippen MR) is 121 cm³/mol. The molecule has 6 nitrogen and oxygen atoms in total. The number of halogens is 2. The summed E-state index contributed by atoms with van der Waals surface area (Å²) in [4.78, 5) is 35.2. The molecule has 172 valence electrons. The van der Waals surface area contributed by atoms with Gasteiger partial charge in [-0.1, -0.05) is 12.5 Å². The summed E-state index contributed by atoms with van der Waals surface area (Å²) in [6, 6.07) is 9.10. The number of aliphatic imine (C=N–C) groups is 1. The number of piperazine rings is 1. The van der Waals surface area contributed by atoms with E-state index in [0.29, 0.717) is 45.0 Å². The molecule has 0 aromatic heterocycles. The van der Waals surface area contributed by atoms with Crippen molar-refractivity contribution < 1.29 is 18.4 Å². The Bertz CT molecular complexity index is 1110. The lowest BCUT2D eigenvalue weighted by molar-refractivity contribution is -0.139. The number of amides is 2. The molecule has 0 unspecified atom stereocenters. The lowest BCUT2D eigenvalue weighted by Gasteiger charge is -2.38. The van der Waals surface area contributed by atoms with Gasteiger partial charge in [-0.05, 0) is 48.7 Å². The van der Waals surface area contributed by atoms with Crippen molar-refractivity contribution in [2.45, 2.75) is 25.8 Å². The van der Waals surface area contributed by atoms with Crippen LogP contribution in [-0.2, 0) is 11.3 Å². The van der Waals surface area contributed by atoms with Crippen molar-refractivity contribution >= 4 is 23.7 Å². The first-order chi connectivity index (χ1) is 16.0. The molecule has 3 aliphatic rings. The van der Waals surface area contributed by atoms with Crippen molar-refractivity contribution in [1.82, 2.24) is 9.80 Å². The Hall–Kier alpha value is -3.29. The predicted octanol–water partition coefficient (Wildman–Crippen LogP) is 3.45. The van der Waals surface area contributed by atoms with Gasteiger partial charge in [-0.2, -0.15) is 0 Å². The second kappa shape index (κ2) is 8.92. The van der Waals surface area contributed by atoms with E-state index in [4.69, 9.17) is 0 Å². The van der Waals surface area contributed by atoms with Crippen molar-refractivity contribution in [1.29, 1.82) is 0 Å². The molecular formula is C25H26F2N4O2. The summed E-state index contributed by atoms with van der Waals surface area (Å²) < 4.78 is 28.2. The molecular weight excluding hydrogens is 426 g/mol. The zero-order valence-corrected chi connectivity index (χ0v) is 18.3. The summed E-state index contributed by atoms with van der Waals surface area (Å²) in [5.74, 6) is -0.917. The topological polar surface area (TPSA) is 56.2 Å². The molecule has 0 radical (unpaired) electrons. The Balaban J connectivity index is 1.27. The molecule has 2 heterocycles. The van der Waals surface area contributed by atoms with Crippen molar-refractivity contribution in [2.75, 3.05) is 37.7 Å². The van der Waals surface area contributed by atoms with E-state index in [1.165, 1.54) is 18.2 Å². The highest BCUT2D eigenvalue weighted by molar-refractivity contribution is 5.95. The fraction of sp³-hybridized carbons (Fsp3) is 0.400. The summed E-state index contributed by atoms with van der Waals surface area (Å²) in [5, 5.41) is 0. The van der Waals surface area contributed by atoms with E-state index in [1.807, 2.05) is 9.80 Å². The molecule has 0 bridgehead atoms. The van der Waals surface area contributed by atoms with Crippen LogP contribution in [0, 0.1) is 17.6 Å². The van der Waals surface area contributed by atoms with Crippen LogP contribution in [0.25, 0.3) is 0 Å². The second-order valence-electron chi connectivity index (χ2n) is 8.91. The Morgan fingerprint density at radius 2 is 1.73 bits per heavy atom. The number of carbonyl (C=O) groups is 2. The van der Waals surface area contributed by atoms with Crippen LogP contribution in [0.4, 0.5) is 14.5 Å². The van der Waals surface area contributed by atoms with E-state index in [-0.39, 0.29) is 29.1 Å². The zero-order valence-electron chi connectivity index (χ0n) is 18.3. The smallest absolute Gasteiger partial charge is 0.256 e. The standard InChI is InChI=1S/C25H26F2N4O2/c26-20-5-7-23-19(13-20)14-28-16-31(23)15-17-4-6-22(27)21(12-17)25(33)30-10-8-29(9-11-30)24(32)18-2-1-3-18/h4-7,12-14,18H,1-3,8-11,15-16H2. The van der Waals surface area contributed by atoms with Gasteiger partial charge in [0.05, 0.1) is 5.56 Å². The third kappa shape index (κ3) is 4.34. The van der Waals surface area contributed by atoms with Crippen LogP contribution in [0.5, 0.6) is 0 Å².